The molecule has 22 heavy (non-hydrogen) atoms. The summed E-state index contributed by atoms with van der Waals surface area (Å²) in [5.74, 6) is -0.375. The van der Waals surface area contributed by atoms with Crippen molar-refractivity contribution in [2.24, 2.45) is 5.92 Å². The van der Waals surface area contributed by atoms with E-state index < -0.39 is 11.9 Å². The van der Waals surface area contributed by atoms with E-state index in [-0.39, 0.29) is 18.6 Å². The molecule has 1 unspecified atom stereocenters. The Morgan fingerprint density at radius 1 is 1.14 bits per heavy atom. The van der Waals surface area contributed by atoms with Gasteiger partial charge in [0.2, 0.25) is 0 Å². The molecule has 0 bridgehead atoms. The number of carbonyl (C=O) groups excluding carboxylic acids is 2. The van der Waals surface area contributed by atoms with E-state index in [1.807, 2.05) is 0 Å². The average molecular weight is 308 g/mol. The Bertz CT molecular complexity index is 481. The number of carbonyl (C=O) groups is 2. The molecule has 0 amide bonds. The Hall–Kier alpha value is -1.62. The van der Waals surface area contributed by atoms with Crippen molar-refractivity contribution in [1.29, 1.82) is 0 Å². The van der Waals surface area contributed by atoms with Gasteiger partial charge in [-0.25, -0.2) is 9.59 Å². The van der Waals surface area contributed by atoms with Gasteiger partial charge in [0.25, 0.3) is 0 Å². The van der Waals surface area contributed by atoms with Crippen LogP contribution in [0.1, 0.15) is 46.0 Å². The SMILES string of the molecule is C=C(C)C(=O)O/C(=C(/C)C(=O)OCC1CO1)C1CCCCC1. The van der Waals surface area contributed by atoms with E-state index in [1.165, 1.54) is 6.42 Å². The topological polar surface area (TPSA) is 65.1 Å². The van der Waals surface area contributed by atoms with E-state index in [2.05, 4.69) is 6.58 Å². The minimum Gasteiger partial charge on any atom is -0.459 e. The Morgan fingerprint density at radius 2 is 1.77 bits per heavy atom. The van der Waals surface area contributed by atoms with Gasteiger partial charge in [0.15, 0.2) is 0 Å². The molecule has 1 saturated heterocycles. The van der Waals surface area contributed by atoms with Crippen LogP contribution in [-0.4, -0.2) is 31.3 Å². The fourth-order valence-electron chi connectivity index (χ4n) is 2.56. The van der Waals surface area contributed by atoms with Crippen molar-refractivity contribution >= 4 is 11.9 Å². The highest BCUT2D eigenvalue weighted by Gasteiger charge is 2.29. The summed E-state index contributed by atoms with van der Waals surface area (Å²) in [5, 5.41) is 0. The molecule has 1 atom stereocenters. The third-order valence-corrected chi connectivity index (χ3v) is 4.01. The van der Waals surface area contributed by atoms with Crippen molar-refractivity contribution in [3.05, 3.63) is 23.5 Å². The van der Waals surface area contributed by atoms with Gasteiger partial charge in [-0.3, -0.25) is 0 Å². The quantitative estimate of drug-likeness (QED) is 0.327. The predicted molar refractivity (Wildman–Crippen MR) is 80.9 cm³/mol. The Labute approximate surface area is 131 Å². The summed E-state index contributed by atoms with van der Waals surface area (Å²) < 4.78 is 15.7. The first-order valence-corrected chi connectivity index (χ1v) is 7.86. The first-order chi connectivity index (χ1) is 10.5. The minimum absolute atomic E-state index is 0.0212. The molecule has 5 heteroatoms. The van der Waals surface area contributed by atoms with Gasteiger partial charge < -0.3 is 14.2 Å². The molecule has 122 valence electrons. The summed E-state index contributed by atoms with van der Waals surface area (Å²) in [7, 11) is 0. The van der Waals surface area contributed by atoms with Crippen LogP contribution in [0.5, 0.6) is 0 Å². The Balaban J connectivity index is 2.11. The van der Waals surface area contributed by atoms with Gasteiger partial charge >= 0.3 is 11.9 Å². The summed E-state index contributed by atoms with van der Waals surface area (Å²) in [5.41, 5.74) is 0.697. The van der Waals surface area contributed by atoms with Gasteiger partial charge in [-0.2, -0.15) is 0 Å². The first kappa shape index (κ1) is 16.7. The van der Waals surface area contributed by atoms with Crippen molar-refractivity contribution in [2.45, 2.75) is 52.1 Å². The molecular weight excluding hydrogens is 284 g/mol. The van der Waals surface area contributed by atoms with Crippen LogP contribution < -0.4 is 0 Å². The van der Waals surface area contributed by atoms with Crippen LogP contribution in [0.15, 0.2) is 23.5 Å². The van der Waals surface area contributed by atoms with E-state index >= 15 is 0 Å². The second-order valence-corrected chi connectivity index (χ2v) is 6.05. The molecule has 0 N–H and O–H groups in total. The Kier molecular flexibility index (Phi) is 5.77. The van der Waals surface area contributed by atoms with Gasteiger partial charge in [-0.05, 0) is 26.7 Å². The number of esters is 2. The van der Waals surface area contributed by atoms with Crippen LogP contribution in [0.3, 0.4) is 0 Å². The highest BCUT2D eigenvalue weighted by molar-refractivity contribution is 5.91. The van der Waals surface area contributed by atoms with Crippen molar-refractivity contribution < 1.29 is 23.8 Å². The maximum Gasteiger partial charge on any atom is 0.338 e. The van der Waals surface area contributed by atoms with Crippen molar-refractivity contribution in [2.75, 3.05) is 13.2 Å². The average Bonchev–Trinajstić information content (AvgIpc) is 3.34. The minimum atomic E-state index is -0.488. The summed E-state index contributed by atoms with van der Waals surface area (Å²) in [4.78, 5) is 24.0. The fourth-order valence-corrected chi connectivity index (χ4v) is 2.56. The maximum absolute atomic E-state index is 12.2. The smallest absolute Gasteiger partial charge is 0.338 e. The van der Waals surface area contributed by atoms with Crippen LogP contribution in [0.4, 0.5) is 0 Å². The van der Waals surface area contributed by atoms with Crippen LogP contribution in [0.2, 0.25) is 0 Å². The zero-order valence-corrected chi connectivity index (χ0v) is 13.4. The van der Waals surface area contributed by atoms with Gasteiger partial charge in [-0.15, -0.1) is 0 Å². The summed E-state index contributed by atoms with van der Waals surface area (Å²) >= 11 is 0. The number of rotatable bonds is 6. The van der Waals surface area contributed by atoms with E-state index in [0.717, 1.165) is 25.7 Å². The number of hydrogen-bond acceptors (Lipinski definition) is 5. The molecule has 5 nitrogen and oxygen atoms in total. The second-order valence-electron chi connectivity index (χ2n) is 6.05. The van der Waals surface area contributed by atoms with Crippen LogP contribution in [0, 0.1) is 5.92 Å². The van der Waals surface area contributed by atoms with Gasteiger partial charge in [-0.1, -0.05) is 25.8 Å². The molecule has 2 fully saturated rings. The zero-order chi connectivity index (χ0) is 16.1. The van der Waals surface area contributed by atoms with E-state index in [9.17, 15) is 9.59 Å². The van der Waals surface area contributed by atoms with Gasteiger partial charge in [0.05, 0.1) is 12.2 Å². The molecule has 1 aliphatic heterocycles. The van der Waals surface area contributed by atoms with E-state index in [1.54, 1.807) is 13.8 Å². The third kappa shape index (κ3) is 4.70. The summed E-state index contributed by atoms with van der Waals surface area (Å²) in [6.07, 6.45) is 5.21. The number of hydrogen-bond donors (Lipinski definition) is 0. The summed E-state index contributed by atoms with van der Waals surface area (Å²) in [6.45, 7) is 7.74. The lowest BCUT2D eigenvalue weighted by atomic mass is 9.86. The van der Waals surface area contributed by atoms with Crippen LogP contribution in [0.25, 0.3) is 0 Å². The Morgan fingerprint density at radius 3 is 2.32 bits per heavy atom. The van der Waals surface area contributed by atoms with Crippen molar-refractivity contribution in [3.63, 3.8) is 0 Å². The lowest BCUT2D eigenvalue weighted by molar-refractivity contribution is -0.140. The molecule has 1 saturated carbocycles. The molecule has 2 aliphatic rings. The van der Waals surface area contributed by atoms with E-state index in [0.29, 0.717) is 23.5 Å². The first-order valence-electron chi connectivity index (χ1n) is 7.86. The molecule has 0 aromatic carbocycles. The maximum atomic E-state index is 12.2. The fraction of sp³-hybridized carbons (Fsp3) is 0.647. The highest BCUT2D eigenvalue weighted by Crippen LogP contribution is 2.33. The lowest BCUT2D eigenvalue weighted by Crippen LogP contribution is -2.21. The normalized spacial score (nSPS) is 22.5. The molecule has 0 radical (unpaired) electrons. The number of allylic oxidation sites excluding steroid dienone is 1. The van der Waals surface area contributed by atoms with Crippen LogP contribution in [-0.2, 0) is 23.8 Å². The number of epoxide rings is 1. The van der Waals surface area contributed by atoms with Crippen molar-refractivity contribution in [1.82, 2.24) is 0 Å². The molecule has 1 heterocycles. The molecule has 1 aliphatic carbocycles. The number of ether oxygens (including phenoxy) is 3. The molecule has 0 spiro atoms. The summed E-state index contributed by atoms with van der Waals surface area (Å²) in [6, 6.07) is 0. The molecule has 2 rings (SSSR count). The largest absolute Gasteiger partial charge is 0.459 e. The molecule has 0 aromatic rings. The zero-order valence-electron chi connectivity index (χ0n) is 13.4. The van der Waals surface area contributed by atoms with Gasteiger partial charge in [0, 0.05) is 11.5 Å². The highest BCUT2D eigenvalue weighted by atomic mass is 16.6. The third-order valence-electron chi connectivity index (χ3n) is 4.01. The lowest BCUT2D eigenvalue weighted by Gasteiger charge is -2.25. The van der Waals surface area contributed by atoms with Crippen molar-refractivity contribution in [3.8, 4) is 0 Å². The standard InChI is InChI=1S/C17H24O5/c1-11(2)16(18)22-15(13-7-5-4-6-8-13)12(3)17(19)21-10-14-9-20-14/h13-14H,1,4-10H2,2-3H3/b15-12-. The second kappa shape index (κ2) is 7.58. The van der Waals surface area contributed by atoms with Crippen LogP contribution >= 0.6 is 0 Å². The van der Waals surface area contributed by atoms with Gasteiger partial charge in [0.1, 0.15) is 18.5 Å². The molecule has 0 aromatic heterocycles. The predicted octanol–water partition coefficient (Wildman–Crippen LogP) is 2.90. The van der Waals surface area contributed by atoms with E-state index in [4.69, 9.17) is 14.2 Å². The monoisotopic (exact) mass is 308 g/mol. The molecular formula is C17H24O5.